The van der Waals surface area contributed by atoms with E-state index in [9.17, 15) is 0 Å². The van der Waals surface area contributed by atoms with Gasteiger partial charge in [0, 0.05) is 25.4 Å². The summed E-state index contributed by atoms with van der Waals surface area (Å²) in [6, 6.07) is 2.12. The molecule has 3 aromatic rings. The molecule has 1 aliphatic heterocycles. The fourth-order valence-electron chi connectivity index (χ4n) is 3.21. The first-order valence-electron chi connectivity index (χ1n) is 8.46. The van der Waals surface area contributed by atoms with Crippen LogP contribution in [0.5, 0.6) is 0 Å². The Bertz CT molecular complexity index is 819. The van der Waals surface area contributed by atoms with Crippen molar-refractivity contribution in [1.82, 2.24) is 20.1 Å². The van der Waals surface area contributed by atoms with Crippen LogP contribution < -0.4 is 4.90 Å². The summed E-state index contributed by atoms with van der Waals surface area (Å²) in [4.78, 5) is 16.8. The maximum Gasteiger partial charge on any atom is 0.226 e. The van der Waals surface area contributed by atoms with Crippen LogP contribution >= 0.6 is 11.3 Å². The molecule has 0 N–H and O–H groups in total. The second-order valence-electron chi connectivity index (χ2n) is 6.67. The lowest BCUT2D eigenvalue weighted by Crippen LogP contribution is -2.35. The summed E-state index contributed by atoms with van der Waals surface area (Å²) in [6.45, 7) is 6.19. The van der Waals surface area contributed by atoms with Gasteiger partial charge >= 0.3 is 0 Å². The number of hydrogen-bond acceptors (Lipinski definition) is 7. The van der Waals surface area contributed by atoms with Crippen LogP contribution in [0, 0.1) is 5.92 Å². The third-order valence-corrected chi connectivity index (χ3v) is 5.44. The van der Waals surface area contributed by atoms with E-state index in [-0.39, 0.29) is 0 Å². The number of aromatic nitrogens is 4. The van der Waals surface area contributed by atoms with Gasteiger partial charge in [-0.2, -0.15) is 4.98 Å². The normalized spacial score (nSPS) is 16.4. The van der Waals surface area contributed by atoms with Gasteiger partial charge in [-0.05, 0) is 30.2 Å². The second kappa shape index (κ2) is 6.47. The van der Waals surface area contributed by atoms with Crippen LogP contribution in [0.3, 0.4) is 0 Å². The summed E-state index contributed by atoms with van der Waals surface area (Å²) >= 11 is 1.67. The summed E-state index contributed by atoms with van der Waals surface area (Å²) in [5.41, 5.74) is 0. The molecule has 0 aromatic carbocycles. The number of fused-ring (bicyclic) bond motifs is 1. The highest BCUT2D eigenvalue weighted by molar-refractivity contribution is 7.16. The van der Waals surface area contributed by atoms with Crippen LogP contribution in [0.1, 0.15) is 44.3 Å². The Kier molecular flexibility index (Phi) is 4.18. The smallest absolute Gasteiger partial charge is 0.226 e. The largest absolute Gasteiger partial charge is 0.356 e. The molecule has 126 valence electrons. The first kappa shape index (κ1) is 15.5. The number of hydrogen-bond donors (Lipinski definition) is 0. The van der Waals surface area contributed by atoms with Gasteiger partial charge in [0.2, 0.25) is 5.89 Å². The van der Waals surface area contributed by atoms with Gasteiger partial charge in [0.05, 0.1) is 5.39 Å². The maximum atomic E-state index is 5.39. The van der Waals surface area contributed by atoms with Crippen molar-refractivity contribution in [3.05, 3.63) is 29.5 Å². The zero-order valence-electron chi connectivity index (χ0n) is 14.0. The van der Waals surface area contributed by atoms with Gasteiger partial charge in [-0.25, -0.2) is 9.97 Å². The van der Waals surface area contributed by atoms with E-state index in [4.69, 9.17) is 4.52 Å². The average molecular weight is 343 g/mol. The molecule has 6 nitrogen and oxygen atoms in total. The molecule has 4 heterocycles. The minimum absolute atomic E-state index is 0.315. The SMILES string of the molecule is CC(C)c1noc(CC2CCN(c3ncnc4sccc34)CC2)n1. The highest BCUT2D eigenvalue weighted by Crippen LogP contribution is 2.30. The topological polar surface area (TPSA) is 67.9 Å². The summed E-state index contributed by atoms with van der Waals surface area (Å²) in [5.74, 6) is 3.57. The van der Waals surface area contributed by atoms with Gasteiger partial charge in [-0.3, -0.25) is 0 Å². The molecule has 0 spiro atoms. The summed E-state index contributed by atoms with van der Waals surface area (Å²) in [6.07, 6.45) is 4.79. The molecule has 0 saturated carbocycles. The Morgan fingerprint density at radius 3 is 2.88 bits per heavy atom. The van der Waals surface area contributed by atoms with Gasteiger partial charge in [0.15, 0.2) is 5.82 Å². The van der Waals surface area contributed by atoms with Crippen molar-refractivity contribution in [3.8, 4) is 0 Å². The summed E-state index contributed by atoms with van der Waals surface area (Å²) in [7, 11) is 0. The van der Waals surface area contributed by atoms with E-state index in [0.29, 0.717) is 11.8 Å². The molecular weight excluding hydrogens is 322 g/mol. The van der Waals surface area contributed by atoms with Crippen LogP contribution in [0.2, 0.25) is 0 Å². The van der Waals surface area contributed by atoms with Gasteiger partial charge < -0.3 is 9.42 Å². The minimum atomic E-state index is 0.315. The lowest BCUT2D eigenvalue weighted by Gasteiger charge is -2.32. The van der Waals surface area contributed by atoms with E-state index < -0.39 is 0 Å². The Morgan fingerprint density at radius 1 is 1.29 bits per heavy atom. The molecule has 0 radical (unpaired) electrons. The molecule has 0 atom stereocenters. The van der Waals surface area contributed by atoms with Crippen molar-refractivity contribution in [2.75, 3.05) is 18.0 Å². The van der Waals surface area contributed by atoms with E-state index in [1.54, 1.807) is 17.7 Å². The third kappa shape index (κ3) is 3.00. The predicted octanol–water partition coefficient (Wildman–Crippen LogP) is 3.66. The van der Waals surface area contributed by atoms with Crippen molar-refractivity contribution >= 4 is 27.4 Å². The minimum Gasteiger partial charge on any atom is -0.356 e. The average Bonchev–Trinajstić information content (AvgIpc) is 3.24. The Morgan fingerprint density at radius 2 is 2.12 bits per heavy atom. The maximum absolute atomic E-state index is 5.39. The monoisotopic (exact) mass is 343 g/mol. The van der Waals surface area contributed by atoms with Crippen LogP contribution in [0.25, 0.3) is 10.2 Å². The Labute approximate surface area is 144 Å². The highest BCUT2D eigenvalue weighted by Gasteiger charge is 2.24. The van der Waals surface area contributed by atoms with E-state index in [1.807, 2.05) is 0 Å². The van der Waals surface area contributed by atoms with Crippen LogP contribution in [0.4, 0.5) is 5.82 Å². The molecule has 0 unspecified atom stereocenters. The molecule has 7 heteroatoms. The third-order valence-electron chi connectivity index (χ3n) is 4.62. The number of nitrogens with zero attached hydrogens (tertiary/aromatic N) is 5. The molecule has 4 rings (SSSR count). The summed E-state index contributed by atoms with van der Waals surface area (Å²) < 4.78 is 5.39. The van der Waals surface area contributed by atoms with Crippen LogP contribution in [-0.4, -0.2) is 33.2 Å². The van der Waals surface area contributed by atoms with E-state index in [1.165, 1.54) is 5.39 Å². The van der Waals surface area contributed by atoms with Crippen LogP contribution in [0.15, 0.2) is 22.3 Å². The molecule has 3 aromatic heterocycles. The van der Waals surface area contributed by atoms with E-state index in [0.717, 1.165) is 54.7 Å². The molecule has 0 aliphatic carbocycles. The van der Waals surface area contributed by atoms with Crippen molar-refractivity contribution in [3.63, 3.8) is 0 Å². The van der Waals surface area contributed by atoms with Gasteiger partial charge in [0.25, 0.3) is 0 Å². The van der Waals surface area contributed by atoms with E-state index >= 15 is 0 Å². The van der Waals surface area contributed by atoms with E-state index in [2.05, 4.69) is 50.3 Å². The molecule has 0 amide bonds. The van der Waals surface area contributed by atoms with Crippen molar-refractivity contribution < 1.29 is 4.52 Å². The van der Waals surface area contributed by atoms with Gasteiger partial charge in [0.1, 0.15) is 17.0 Å². The van der Waals surface area contributed by atoms with Crippen molar-refractivity contribution in [2.45, 2.75) is 39.0 Å². The van der Waals surface area contributed by atoms with Crippen molar-refractivity contribution in [1.29, 1.82) is 0 Å². The molecule has 1 saturated heterocycles. The molecule has 24 heavy (non-hydrogen) atoms. The zero-order valence-corrected chi connectivity index (χ0v) is 14.8. The fourth-order valence-corrected chi connectivity index (χ4v) is 3.94. The number of anilines is 1. The number of piperidine rings is 1. The fraction of sp³-hybridized carbons (Fsp3) is 0.529. The quantitative estimate of drug-likeness (QED) is 0.720. The standard InChI is InChI=1S/C17H21N5OS/c1-11(2)15-20-14(23-21-15)9-12-3-6-22(7-4-12)16-13-5-8-24-17(13)19-10-18-16/h5,8,10-12H,3-4,6-7,9H2,1-2H3. The predicted molar refractivity (Wildman–Crippen MR) is 94.4 cm³/mol. The van der Waals surface area contributed by atoms with Gasteiger partial charge in [-0.15, -0.1) is 11.3 Å². The number of rotatable bonds is 4. The number of thiophene rings is 1. The lowest BCUT2D eigenvalue weighted by atomic mass is 9.93. The molecular formula is C17H21N5OS. The molecule has 1 fully saturated rings. The lowest BCUT2D eigenvalue weighted by molar-refractivity contribution is 0.322. The Hall–Kier alpha value is -2.02. The molecule has 0 bridgehead atoms. The van der Waals surface area contributed by atoms with Crippen LogP contribution in [-0.2, 0) is 6.42 Å². The second-order valence-corrected chi connectivity index (χ2v) is 7.57. The Balaban J connectivity index is 1.40. The van der Waals surface area contributed by atoms with Crippen molar-refractivity contribution in [2.24, 2.45) is 5.92 Å². The zero-order chi connectivity index (χ0) is 16.5. The first-order chi connectivity index (χ1) is 11.7. The van der Waals surface area contributed by atoms with Gasteiger partial charge in [-0.1, -0.05) is 19.0 Å². The molecule has 1 aliphatic rings. The first-order valence-corrected chi connectivity index (χ1v) is 9.34. The highest BCUT2D eigenvalue weighted by atomic mass is 32.1. The summed E-state index contributed by atoms with van der Waals surface area (Å²) in [5, 5.41) is 7.31.